The molecule has 158 valence electrons. The van der Waals surface area contributed by atoms with Crippen LogP contribution in [0.25, 0.3) is 0 Å². The maximum Gasteiger partial charge on any atom is 0.322 e. The number of benzene rings is 2. The van der Waals surface area contributed by atoms with Gasteiger partial charge in [0.2, 0.25) is 5.91 Å². The van der Waals surface area contributed by atoms with Gasteiger partial charge in [-0.25, -0.2) is 9.18 Å². The van der Waals surface area contributed by atoms with E-state index >= 15 is 0 Å². The van der Waals surface area contributed by atoms with Gasteiger partial charge in [0.15, 0.2) is 0 Å². The number of alkyl halides is 1. The van der Waals surface area contributed by atoms with Gasteiger partial charge in [0.05, 0.1) is 13.2 Å². The van der Waals surface area contributed by atoms with E-state index in [-0.39, 0.29) is 18.9 Å². The highest BCUT2D eigenvalue weighted by Crippen LogP contribution is 2.26. The number of fused-ring (bicyclic) bond motifs is 1. The Balaban J connectivity index is 1.44. The van der Waals surface area contributed by atoms with Crippen molar-refractivity contribution in [2.75, 3.05) is 25.0 Å². The molecule has 3 amide bonds. The topological polar surface area (TPSA) is 61.9 Å². The second-order valence-electron chi connectivity index (χ2n) is 7.67. The molecule has 6 nitrogen and oxygen atoms in total. The molecule has 0 bridgehead atoms. The summed E-state index contributed by atoms with van der Waals surface area (Å²) >= 11 is 0. The van der Waals surface area contributed by atoms with Gasteiger partial charge < -0.3 is 19.9 Å². The van der Waals surface area contributed by atoms with Crippen LogP contribution < -0.4 is 10.1 Å². The summed E-state index contributed by atoms with van der Waals surface area (Å²) in [6.07, 6.45) is -0.401. The Kier molecular flexibility index (Phi) is 5.88. The summed E-state index contributed by atoms with van der Waals surface area (Å²) in [6, 6.07) is 13.8. The van der Waals surface area contributed by atoms with Crippen molar-refractivity contribution in [3.05, 3.63) is 59.7 Å². The number of hydrogen-bond donors (Lipinski definition) is 1. The summed E-state index contributed by atoms with van der Waals surface area (Å²) in [7, 11) is 0. The monoisotopic (exact) mass is 411 g/mol. The number of carbonyl (C=O) groups is 2. The third-order valence-corrected chi connectivity index (χ3v) is 5.65. The number of likely N-dealkylation sites (tertiary alicyclic amines) is 1. The average Bonchev–Trinajstić information content (AvgIpc) is 3.16. The number of amides is 3. The first-order valence-electron chi connectivity index (χ1n) is 10.3. The summed E-state index contributed by atoms with van der Waals surface area (Å²) in [5.41, 5.74) is 2.92. The van der Waals surface area contributed by atoms with Crippen molar-refractivity contribution in [1.29, 1.82) is 0 Å². The van der Waals surface area contributed by atoms with Gasteiger partial charge >= 0.3 is 6.03 Å². The van der Waals surface area contributed by atoms with Gasteiger partial charge in [0.25, 0.3) is 0 Å². The van der Waals surface area contributed by atoms with E-state index in [2.05, 4.69) is 11.4 Å². The molecule has 2 atom stereocenters. The van der Waals surface area contributed by atoms with Crippen LogP contribution >= 0.6 is 0 Å². The van der Waals surface area contributed by atoms with Crippen molar-refractivity contribution in [1.82, 2.24) is 9.80 Å². The SMILES string of the molecule is CCOc1ccc(NC(=O)N2C[C@@H](F)C[C@H]2C(=O)N2CCc3ccccc3C2)cc1. The summed E-state index contributed by atoms with van der Waals surface area (Å²) in [5.74, 6) is 0.519. The highest BCUT2D eigenvalue weighted by molar-refractivity contribution is 5.94. The third-order valence-electron chi connectivity index (χ3n) is 5.65. The fourth-order valence-corrected chi connectivity index (χ4v) is 4.13. The van der Waals surface area contributed by atoms with E-state index in [1.54, 1.807) is 29.2 Å². The van der Waals surface area contributed by atoms with Gasteiger partial charge in [-0.2, -0.15) is 0 Å². The molecule has 1 fully saturated rings. The zero-order valence-corrected chi connectivity index (χ0v) is 17.0. The van der Waals surface area contributed by atoms with Gasteiger partial charge in [-0.15, -0.1) is 0 Å². The van der Waals surface area contributed by atoms with E-state index in [0.29, 0.717) is 31.1 Å². The Labute approximate surface area is 175 Å². The summed E-state index contributed by atoms with van der Waals surface area (Å²) in [5, 5.41) is 2.77. The largest absolute Gasteiger partial charge is 0.494 e. The fourth-order valence-electron chi connectivity index (χ4n) is 4.13. The van der Waals surface area contributed by atoms with Crippen molar-refractivity contribution in [2.45, 2.75) is 38.5 Å². The highest BCUT2D eigenvalue weighted by atomic mass is 19.1. The van der Waals surface area contributed by atoms with Gasteiger partial charge in [0.1, 0.15) is 18.0 Å². The standard InChI is InChI=1S/C23H26FN3O3/c1-2-30-20-9-7-19(8-10-20)25-23(29)27-15-18(24)13-21(27)22(28)26-12-11-16-5-3-4-6-17(16)14-26/h3-10,18,21H,2,11-15H2,1H3,(H,25,29)/t18-,21-/m0/s1. The lowest BCUT2D eigenvalue weighted by Gasteiger charge is -2.33. The predicted octanol–water partition coefficient (Wildman–Crippen LogP) is 3.61. The van der Waals surface area contributed by atoms with E-state index in [1.807, 2.05) is 25.1 Å². The van der Waals surface area contributed by atoms with Crippen LogP contribution in [-0.2, 0) is 17.8 Å². The Hall–Kier alpha value is -3.09. The van der Waals surface area contributed by atoms with Crippen LogP contribution in [0, 0.1) is 0 Å². The van der Waals surface area contributed by atoms with Crippen molar-refractivity contribution < 1.29 is 18.7 Å². The number of nitrogens with zero attached hydrogens (tertiary/aromatic N) is 2. The Morgan fingerprint density at radius 2 is 1.87 bits per heavy atom. The molecule has 0 aromatic heterocycles. The quantitative estimate of drug-likeness (QED) is 0.836. The second kappa shape index (κ2) is 8.73. The minimum Gasteiger partial charge on any atom is -0.494 e. The molecule has 0 unspecified atom stereocenters. The number of halogens is 1. The molecule has 2 aliphatic heterocycles. The zero-order chi connectivity index (χ0) is 21.1. The molecule has 2 aliphatic rings. The van der Waals surface area contributed by atoms with E-state index in [9.17, 15) is 14.0 Å². The fraction of sp³-hybridized carbons (Fsp3) is 0.391. The van der Waals surface area contributed by atoms with Crippen LogP contribution in [0.5, 0.6) is 5.75 Å². The van der Waals surface area contributed by atoms with Crippen LogP contribution in [0.15, 0.2) is 48.5 Å². The smallest absolute Gasteiger partial charge is 0.322 e. The molecule has 0 aliphatic carbocycles. The lowest BCUT2D eigenvalue weighted by molar-refractivity contribution is -0.136. The second-order valence-corrected chi connectivity index (χ2v) is 7.67. The first kappa shape index (κ1) is 20.2. The van der Waals surface area contributed by atoms with Crippen LogP contribution in [0.1, 0.15) is 24.5 Å². The number of carbonyl (C=O) groups excluding carboxylic acids is 2. The normalized spacial score (nSPS) is 20.6. The Bertz CT molecular complexity index is 918. The Morgan fingerprint density at radius 1 is 1.13 bits per heavy atom. The van der Waals surface area contributed by atoms with Gasteiger partial charge in [-0.3, -0.25) is 4.79 Å². The van der Waals surface area contributed by atoms with Crippen molar-refractivity contribution >= 4 is 17.6 Å². The molecule has 30 heavy (non-hydrogen) atoms. The van der Waals surface area contributed by atoms with Crippen LogP contribution in [0.4, 0.5) is 14.9 Å². The lowest BCUT2D eigenvalue weighted by Crippen LogP contribution is -2.50. The molecule has 2 aromatic rings. The molecule has 0 saturated carbocycles. The number of urea groups is 1. The number of rotatable bonds is 4. The molecule has 4 rings (SSSR count). The molecular weight excluding hydrogens is 385 g/mol. The molecule has 1 saturated heterocycles. The number of ether oxygens (including phenoxy) is 1. The highest BCUT2D eigenvalue weighted by Gasteiger charge is 2.42. The van der Waals surface area contributed by atoms with Crippen LogP contribution in [0.3, 0.4) is 0 Å². The molecule has 2 heterocycles. The lowest BCUT2D eigenvalue weighted by atomic mass is 9.99. The zero-order valence-electron chi connectivity index (χ0n) is 17.0. The summed E-state index contributed by atoms with van der Waals surface area (Å²) < 4.78 is 19.6. The molecular formula is C23H26FN3O3. The minimum atomic E-state index is -1.21. The van der Waals surface area contributed by atoms with Crippen LogP contribution in [0.2, 0.25) is 0 Å². The molecule has 1 N–H and O–H groups in total. The third kappa shape index (κ3) is 4.25. The molecule has 7 heteroatoms. The maximum atomic E-state index is 14.2. The van der Waals surface area contributed by atoms with Gasteiger partial charge in [0, 0.05) is 25.2 Å². The van der Waals surface area contributed by atoms with E-state index < -0.39 is 18.2 Å². The molecule has 0 radical (unpaired) electrons. The summed E-state index contributed by atoms with van der Waals surface area (Å²) in [6.45, 7) is 3.45. The Morgan fingerprint density at radius 3 is 2.60 bits per heavy atom. The van der Waals surface area contributed by atoms with E-state index in [4.69, 9.17) is 4.74 Å². The van der Waals surface area contributed by atoms with Gasteiger partial charge in [-0.1, -0.05) is 24.3 Å². The maximum absolute atomic E-state index is 14.2. The first-order chi connectivity index (χ1) is 14.5. The molecule has 2 aromatic carbocycles. The minimum absolute atomic E-state index is 0.0354. The van der Waals surface area contributed by atoms with Gasteiger partial charge in [-0.05, 0) is 48.7 Å². The number of anilines is 1. The number of hydrogen-bond acceptors (Lipinski definition) is 3. The predicted molar refractivity (Wildman–Crippen MR) is 112 cm³/mol. The first-order valence-corrected chi connectivity index (χ1v) is 10.3. The average molecular weight is 411 g/mol. The van der Waals surface area contributed by atoms with Crippen molar-refractivity contribution in [3.8, 4) is 5.75 Å². The van der Waals surface area contributed by atoms with E-state index in [1.165, 1.54) is 10.5 Å². The van der Waals surface area contributed by atoms with Crippen LogP contribution in [-0.4, -0.2) is 53.6 Å². The van der Waals surface area contributed by atoms with Crippen molar-refractivity contribution in [3.63, 3.8) is 0 Å². The summed E-state index contributed by atoms with van der Waals surface area (Å²) in [4.78, 5) is 29.0. The van der Waals surface area contributed by atoms with E-state index in [0.717, 1.165) is 12.0 Å². The molecule has 0 spiro atoms. The number of nitrogens with one attached hydrogen (secondary N) is 1. The van der Waals surface area contributed by atoms with Crippen molar-refractivity contribution in [2.24, 2.45) is 0 Å².